The van der Waals surface area contributed by atoms with E-state index >= 15 is 0 Å². The molecule has 0 spiro atoms. The van der Waals surface area contributed by atoms with Crippen LogP contribution in [-0.4, -0.2) is 12.9 Å². The number of hydrogen-bond acceptors (Lipinski definition) is 3. The van der Waals surface area contributed by atoms with Crippen molar-refractivity contribution in [3.8, 4) is 5.75 Å². The van der Waals surface area contributed by atoms with E-state index in [1.807, 2.05) is 36.4 Å². The molecule has 1 aliphatic heterocycles. The molecule has 1 heterocycles. The van der Waals surface area contributed by atoms with Gasteiger partial charge >= 0.3 is 0 Å². The molecule has 0 N–H and O–H groups in total. The Hall–Kier alpha value is -1.74. The third-order valence-electron chi connectivity index (χ3n) is 3.93. The first-order chi connectivity index (χ1) is 9.29. The Morgan fingerprint density at radius 2 is 1.95 bits per heavy atom. The van der Waals surface area contributed by atoms with E-state index in [4.69, 9.17) is 4.74 Å². The van der Waals surface area contributed by atoms with Gasteiger partial charge in [0.2, 0.25) is 0 Å². The largest absolute Gasteiger partial charge is 0.497 e. The SMILES string of the molecule is COc1ccc2c(c1)S[C@H]1c3ccccc3C(=O)[C@@H]21. The number of methoxy groups -OCH3 is 1. The number of rotatable bonds is 1. The molecule has 3 heteroatoms. The summed E-state index contributed by atoms with van der Waals surface area (Å²) in [6.45, 7) is 0. The number of fused-ring (bicyclic) bond motifs is 5. The van der Waals surface area contributed by atoms with Crippen molar-refractivity contribution in [1.82, 2.24) is 0 Å². The van der Waals surface area contributed by atoms with Crippen LogP contribution in [0.15, 0.2) is 47.4 Å². The highest BCUT2D eigenvalue weighted by molar-refractivity contribution is 8.00. The van der Waals surface area contributed by atoms with E-state index < -0.39 is 0 Å². The summed E-state index contributed by atoms with van der Waals surface area (Å²) in [5.74, 6) is 1.10. The van der Waals surface area contributed by atoms with E-state index in [9.17, 15) is 4.79 Å². The maximum absolute atomic E-state index is 12.6. The quantitative estimate of drug-likeness (QED) is 0.786. The number of ketones is 1. The summed E-state index contributed by atoms with van der Waals surface area (Å²) in [4.78, 5) is 13.7. The number of benzene rings is 2. The fraction of sp³-hybridized carbons (Fsp3) is 0.188. The molecule has 0 fully saturated rings. The Bertz CT molecular complexity index is 693. The molecule has 2 nitrogen and oxygen atoms in total. The van der Waals surface area contributed by atoms with Crippen molar-refractivity contribution < 1.29 is 9.53 Å². The Morgan fingerprint density at radius 3 is 2.79 bits per heavy atom. The van der Waals surface area contributed by atoms with Gasteiger partial charge in [-0.2, -0.15) is 0 Å². The fourth-order valence-corrected chi connectivity index (χ4v) is 4.56. The van der Waals surface area contributed by atoms with E-state index in [2.05, 4.69) is 6.07 Å². The highest BCUT2D eigenvalue weighted by atomic mass is 32.2. The van der Waals surface area contributed by atoms with Crippen molar-refractivity contribution >= 4 is 17.5 Å². The third-order valence-corrected chi connectivity index (χ3v) is 5.32. The lowest BCUT2D eigenvalue weighted by molar-refractivity contribution is 0.0972. The molecule has 94 valence electrons. The molecule has 2 aromatic carbocycles. The number of thioether (sulfide) groups is 1. The third kappa shape index (κ3) is 1.42. The first-order valence-electron chi connectivity index (χ1n) is 6.27. The number of carbonyl (C=O) groups excluding carboxylic acids is 1. The molecule has 0 bridgehead atoms. The minimum absolute atomic E-state index is 0.0108. The monoisotopic (exact) mass is 268 g/mol. The Labute approximate surface area is 115 Å². The van der Waals surface area contributed by atoms with Crippen molar-refractivity contribution in [3.63, 3.8) is 0 Å². The average molecular weight is 268 g/mol. The molecule has 2 atom stereocenters. The van der Waals surface area contributed by atoms with Crippen LogP contribution < -0.4 is 4.74 Å². The van der Waals surface area contributed by atoms with Crippen LogP contribution in [0.2, 0.25) is 0 Å². The topological polar surface area (TPSA) is 26.3 Å². The zero-order valence-corrected chi connectivity index (χ0v) is 11.2. The van der Waals surface area contributed by atoms with Crippen LogP contribution in [0.25, 0.3) is 0 Å². The summed E-state index contributed by atoms with van der Waals surface area (Å²) in [7, 11) is 1.67. The lowest BCUT2D eigenvalue weighted by Gasteiger charge is -2.07. The van der Waals surface area contributed by atoms with Gasteiger partial charge in [0.1, 0.15) is 5.75 Å². The number of ether oxygens (including phenoxy) is 1. The highest BCUT2D eigenvalue weighted by Crippen LogP contribution is 2.60. The van der Waals surface area contributed by atoms with Crippen LogP contribution in [0.5, 0.6) is 5.75 Å². The van der Waals surface area contributed by atoms with Gasteiger partial charge in [0.15, 0.2) is 5.78 Å². The number of carbonyl (C=O) groups is 1. The van der Waals surface area contributed by atoms with Crippen molar-refractivity contribution in [2.45, 2.75) is 16.1 Å². The van der Waals surface area contributed by atoms with Crippen LogP contribution in [0.1, 0.15) is 32.7 Å². The van der Waals surface area contributed by atoms with Gasteiger partial charge in [-0.15, -0.1) is 11.8 Å². The normalized spacial score (nSPS) is 22.9. The van der Waals surface area contributed by atoms with E-state index in [0.717, 1.165) is 16.9 Å². The molecule has 2 aromatic rings. The molecule has 19 heavy (non-hydrogen) atoms. The molecule has 1 aliphatic carbocycles. The smallest absolute Gasteiger partial charge is 0.172 e. The first-order valence-corrected chi connectivity index (χ1v) is 7.15. The Kier molecular flexibility index (Phi) is 2.27. The molecule has 0 saturated heterocycles. The van der Waals surface area contributed by atoms with E-state index in [0.29, 0.717) is 0 Å². The van der Waals surface area contributed by atoms with Gasteiger partial charge in [-0.3, -0.25) is 4.79 Å². The number of hydrogen-bond donors (Lipinski definition) is 0. The molecule has 0 aromatic heterocycles. The lowest BCUT2D eigenvalue weighted by atomic mass is 9.95. The minimum Gasteiger partial charge on any atom is -0.497 e. The van der Waals surface area contributed by atoms with Crippen LogP contribution >= 0.6 is 11.8 Å². The average Bonchev–Trinajstić information content (AvgIpc) is 2.95. The van der Waals surface area contributed by atoms with Gasteiger partial charge in [-0.1, -0.05) is 30.3 Å². The first kappa shape index (κ1) is 11.1. The van der Waals surface area contributed by atoms with E-state index in [1.54, 1.807) is 18.9 Å². The second kappa shape index (κ2) is 3.87. The van der Waals surface area contributed by atoms with Crippen molar-refractivity contribution in [2.24, 2.45) is 0 Å². The van der Waals surface area contributed by atoms with Crippen LogP contribution in [0.4, 0.5) is 0 Å². The van der Waals surface area contributed by atoms with Gasteiger partial charge < -0.3 is 4.74 Å². The van der Waals surface area contributed by atoms with Gasteiger partial charge in [0, 0.05) is 15.7 Å². The second-order valence-corrected chi connectivity index (χ2v) is 6.05. The summed E-state index contributed by atoms with van der Waals surface area (Å²) in [6.07, 6.45) is 0. The zero-order valence-electron chi connectivity index (χ0n) is 10.4. The molecule has 0 saturated carbocycles. The minimum atomic E-state index is -0.0108. The maximum Gasteiger partial charge on any atom is 0.172 e. The maximum atomic E-state index is 12.6. The zero-order chi connectivity index (χ0) is 13.0. The van der Waals surface area contributed by atoms with Crippen LogP contribution in [0.3, 0.4) is 0 Å². The second-order valence-electron chi connectivity index (χ2n) is 4.87. The number of Topliss-reactive ketones (excluding diaryl/α,β-unsaturated/α-hetero) is 1. The summed E-state index contributed by atoms with van der Waals surface area (Å²) < 4.78 is 5.26. The molecule has 4 rings (SSSR count). The van der Waals surface area contributed by atoms with Crippen LogP contribution in [0, 0.1) is 0 Å². The van der Waals surface area contributed by atoms with E-state index in [-0.39, 0.29) is 17.0 Å². The van der Waals surface area contributed by atoms with Gasteiger partial charge in [0.05, 0.1) is 13.0 Å². The predicted molar refractivity (Wildman–Crippen MR) is 75.1 cm³/mol. The predicted octanol–water partition coefficient (Wildman–Crippen LogP) is 3.82. The van der Waals surface area contributed by atoms with Crippen molar-refractivity contribution in [1.29, 1.82) is 0 Å². The molecule has 2 aliphatic rings. The Morgan fingerprint density at radius 1 is 1.11 bits per heavy atom. The fourth-order valence-electron chi connectivity index (χ4n) is 3.03. The van der Waals surface area contributed by atoms with Crippen molar-refractivity contribution in [2.75, 3.05) is 7.11 Å². The summed E-state index contributed by atoms with van der Waals surface area (Å²) in [6, 6.07) is 14.0. The summed E-state index contributed by atoms with van der Waals surface area (Å²) in [5, 5.41) is 0.241. The van der Waals surface area contributed by atoms with Gasteiger partial charge in [-0.05, 0) is 23.3 Å². The molecular weight excluding hydrogens is 256 g/mol. The summed E-state index contributed by atoms with van der Waals surface area (Å²) >= 11 is 1.78. The van der Waals surface area contributed by atoms with Crippen LogP contribution in [-0.2, 0) is 0 Å². The molecule has 0 unspecified atom stereocenters. The standard InChI is InChI=1S/C16H12O2S/c1-18-9-6-7-12-13(8-9)19-16-11-5-3-2-4-10(11)15(17)14(12)16/h2-8,14,16H,1H3/t14-,16+/m1/s1. The van der Waals surface area contributed by atoms with Crippen molar-refractivity contribution in [3.05, 3.63) is 59.2 Å². The lowest BCUT2D eigenvalue weighted by Crippen LogP contribution is -2.05. The molecule has 0 amide bonds. The highest BCUT2D eigenvalue weighted by Gasteiger charge is 2.46. The molecule has 0 radical (unpaired) electrons. The van der Waals surface area contributed by atoms with Gasteiger partial charge in [0.25, 0.3) is 0 Å². The van der Waals surface area contributed by atoms with E-state index in [1.165, 1.54) is 10.5 Å². The summed E-state index contributed by atoms with van der Waals surface area (Å²) in [5.41, 5.74) is 3.22. The Balaban J connectivity index is 1.86. The van der Waals surface area contributed by atoms with Gasteiger partial charge in [-0.25, -0.2) is 0 Å². The molecular formula is C16H12O2S.